The number of likely N-dealkylation sites (N-methyl/N-ethyl adjacent to an activating group) is 2. The molecule has 0 atom stereocenters. The van der Waals surface area contributed by atoms with Gasteiger partial charge in [-0.05, 0) is 32.4 Å². The molecule has 6 nitrogen and oxygen atoms in total. The minimum atomic E-state index is -0.181. The third-order valence-corrected chi connectivity index (χ3v) is 4.27. The van der Waals surface area contributed by atoms with Gasteiger partial charge in [-0.1, -0.05) is 25.1 Å². The van der Waals surface area contributed by atoms with Crippen molar-refractivity contribution in [2.24, 2.45) is 0 Å². The summed E-state index contributed by atoms with van der Waals surface area (Å²) in [6.07, 6.45) is 2.26. The normalized spacial score (nSPS) is 10.6. The van der Waals surface area contributed by atoms with E-state index in [9.17, 15) is 9.59 Å². The first kappa shape index (κ1) is 18.7. The SMILES string of the molecule is CCc1c(C(=O)N(C)CC(=O)N(CC)CC)cnn1-c1ccccc1. The van der Waals surface area contributed by atoms with Crippen molar-refractivity contribution < 1.29 is 9.59 Å². The molecule has 6 heteroatoms. The number of carbonyl (C=O) groups excluding carboxylic acids is 2. The second kappa shape index (κ2) is 8.46. The number of hydrogen-bond donors (Lipinski definition) is 0. The molecular weight excluding hydrogens is 316 g/mol. The lowest BCUT2D eigenvalue weighted by Crippen LogP contribution is -2.41. The molecular formula is C19H26N4O2. The lowest BCUT2D eigenvalue weighted by atomic mass is 10.1. The van der Waals surface area contributed by atoms with E-state index in [1.807, 2.05) is 51.1 Å². The summed E-state index contributed by atoms with van der Waals surface area (Å²) in [5.41, 5.74) is 2.31. The van der Waals surface area contributed by atoms with Gasteiger partial charge in [-0.25, -0.2) is 4.68 Å². The number of benzene rings is 1. The van der Waals surface area contributed by atoms with Crippen LogP contribution in [0.3, 0.4) is 0 Å². The van der Waals surface area contributed by atoms with Crippen molar-refractivity contribution in [2.45, 2.75) is 27.2 Å². The Morgan fingerprint density at radius 1 is 1.08 bits per heavy atom. The minimum absolute atomic E-state index is 0.0469. The standard InChI is InChI=1S/C19H26N4O2/c1-5-17-16(13-20-23(17)15-11-9-8-10-12-15)19(25)21(4)14-18(24)22(6-2)7-3/h8-13H,5-7,14H2,1-4H3. The van der Waals surface area contributed by atoms with Gasteiger partial charge in [0.25, 0.3) is 5.91 Å². The summed E-state index contributed by atoms with van der Waals surface area (Å²) in [6, 6.07) is 9.72. The quantitative estimate of drug-likeness (QED) is 0.776. The molecule has 134 valence electrons. The van der Waals surface area contributed by atoms with Crippen molar-refractivity contribution in [3.05, 3.63) is 47.8 Å². The van der Waals surface area contributed by atoms with Crippen LogP contribution < -0.4 is 0 Å². The van der Waals surface area contributed by atoms with Crippen LogP contribution in [-0.2, 0) is 11.2 Å². The number of hydrogen-bond acceptors (Lipinski definition) is 3. The molecule has 2 aromatic rings. The van der Waals surface area contributed by atoms with Gasteiger partial charge in [0, 0.05) is 20.1 Å². The van der Waals surface area contributed by atoms with Gasteiger partial charge in [-0.3, -0.25) is 9.59 Å². The van der Waals surface area contributed by atoms with E-state index in [1.165, 1.54) is 4.90 Å². The average Bonchev–Trinajstić information content (AvgIpc) is 3.06. The van der Waals surface area contributed by atoms with Crippen LogP contribution in [0.4, 0.5) is 0 Å². The van der Waals surface area contributed by atoms with Gasteiger partial charge in [-0.15, -0.1) is 0 Å². The van der Waals surface area contributed by atoms with Gasteiger partial charge < -0.3 is 9.80 Å². The zero-order valence-corrected chi connectivity index (χ0v) is 15.4. The maximum atomic E-state index is 12.8. The van der Waals surface area contributed by atoms with E-state index < -0.39 is 0 Å². The van der Waals surface area contributed by atoms with Crippen LogP contribution in [0, 0.1) is 0 Å². The number of amides is 2. The highest BCUT2D eigenvalue weighted by molar-refractivity contribution is 5.97. The number of nitrogens with zero attached hydrogens (tertiary/aromatic N) is 4. The highest BCUT2D eigenvalue weighted by atomic mass is 16.2. The van der Waals surface area contributed by atoms with Crippen molar-refractivity contribution in [2.75, 3.05) is 26.7 Å². The molecule has 0 saturated carbocycles. The average molecular weight is 342 g/mol. The van der Waals surface area contributed by atoms with Gasteiger partial charge in [0.1, 0.15) is 0 Å². The Morgan fingerprint density at radius 2 is 1.72 bits per heavy atom. The summed E-state index contributed by atoms with van der Waals surface area (Å²) >= 11 is 0. The van der Waals surface area contributed by atoms with E-state index in [4.69, 9.17) is 0 Å². The molecule has 25 heavy (non-hydrogen) atoms. The van der Waals surface area contributed by atoms with Crippen LogP contribution in [0.5, 0.6) is 0 Å². The minimum Gasteiger partial charge on any atom is -0.342 e. The molecule has 0 aliphatic rings. The smallest absolute Gasteiger partial charge is 0.257 e. The zero-order valence-electron chi connectivity index (χ0n) is 15.4. The molecule has 0 N–H and O–H groups in total. The molecule has 1 aromatic carbocycles. The molecule has 0 bridgehead atoms. The fourth-order valence-electron chi connectivity index (χ4n) is 2.84. The van der Waals surface area contributed by atoms with Crippen LogP contribution in [0.15, 0.2) is 36.5 Å². The van der Waals surface area contributed by atoms with Crippen LogP contribution >= 0.6 is 0 Å². The molecule has 0 unspecified atom stereocenters. The third kappa shape index (κ3) is 4.07. The topological polar surface area (TPSA) is 58.4 Å². The Hall–Kier alpha value is -2.63. The lowest BCUT2D eigenvalue weighted by molar-refractivity contribution is -0.131. The zero-order chi connectivity index (χ0) is 18.4. The van der Waals surface area contributed by atoms with Crippen molar-refractivity contribution >= 4 is 11.8 Å². The number of rotatable bonds is 7. The fraction of sp³-hybridized carbons (Fsp3) is 0.421. The van der Waals surface area contributed by atoms with Crippen LogP contribution in [0.25, 0.3) is 5.69 Å². The Kier molecular flexibility index (Phi) is 6.33. The fourth-order valence-corrected chi connectivity index (χ4v) is 2.84. The summed E-state index contributed by atoms with van der Waals surface area (Å²) < 4.78 is 1.79. The summed E-state index contributed by atoms with van der Waals surface area (Å²) in [5.74, 6) is -0.228. The summed E-state index contributed by atoms with van der Waals surface area (Å²) in [4.78, 5) is 28.2. The Morgan fingerprint density at radius 3 is 2.28 bits per heavy atom. The molecule has 0 saturated heterocycles. The number of para-hydroxylation sites is 1. The molecule has 0 fully saturated rings. The predicted molar refractivity (Wildman–Crippen MR) is 97.8 cm³/mol. The van der Waals surface area contributed by atoms with Crippen molar-refractivity contribution in [3.63, 3.8) is 0 Å². The van der Waals surface area contributed by atoms with Crippen LogP contribution in [0.2, 0.25) is 0 Å². The van der Waals surface area contributed by atoms with Crippen LogP contribution in [-0.4, -0.2) is 58.1 Å². The molecule has 1 heterocycles. The summed E-state index contributed by atoms with van der Waals surface area (Å²) in [7, 11) is 1.66. The maximum absolute atomic E-state index is 12.8. The van der Waals surface area contributed by atoms with Crippen molar-refractivity contribution in [3.8, 4) is 5.69 Å². The van der Waals surface area contributed by atoms with Gasteiger partial charge in [0.15, 0.2) is 0 Å². The first-order valence-electron chi connectivity index (χ1n) is 8.68. The number of carbonyl (C=O) groups is 2. The molecule has 2 amide bonds. The van der Waals surface area contributed by atoms with E-state index >= 15 is 0 Å². The molecule has 0 radical (unpaired) electrons. The summed E-state index contributed by atoms with van der Waals surface area (Å²) in [6.45, 7) is 7.21. The Bertz CT molecular complexity index is 720. The maximum Gasteiger partial charge on any atom is 0.257 e. The highest BCUT2D eigenvalue weighted by Crippen LogP contribution is 2.17. The second-order valence-corrected chi connectivity index (χ2v) is 5.83. The van der Waals surface area contributed by atoms with E-state index in [1.54, 1.807) is 22.8 Å². The predicted octanol–water partition coefficient (Wildman–Crippen LogP) is 2.38. The Balaban J connectivity index is 2.22. The van der Waals surface area contributed by atoms with Gasteiger partial charge >= 0.3 is 0 Å². The van der Waals surface area contributed by atoms with Gasteiger partial charge in [0.05, 0.1) is 29.7 Å². The first-order chi connectivity index (χ1) is 12.0. The molecule has 1 aromatic heterocycles. The van der Waals surface area contributed by atoms with Crippen LogP contribution in [0.1, 0.15) is 36.8 Å². The monoisotopic (exact) mass is 342 g/mol. The van der Waals surface area contributed by atoms with E-state index in [2.05, 4.69) is 5.10 Å². The van der Waals surface area contributed by atoms with Gasteiger partial charge in [0.2, 0.25) is 5.91 Å². The van der Waals surface area contributed by atoms with E-state index in [-0.39, 0.29) is 18.4 Å². The van der Waals surface area contributed by atoms with Crippen molar-refractivity contribution in [1.29, 1.82) is 0 Å². The largest absolute Gasteiger partial charge is 0.342 e. The Labute approximate surface area is 149 Å². The third-order valence-electron chi connectivity index (χ3n) is 4.27. The second-order valence-electron chi connectivity index (χ2n) is 5.83. The molecule has 2 rings (SSSR count). The molecule has 0 spiro atoms. The van der Waals surface area contributed by atoms with Crippen molar-refractivity contribution in [1.82, 2.24) is 19.6 Å². The van der Waals surface area contributed by atoms with Gasteiger partial charge in [-0.2, -0.15) is 5.10 Å². The lowest BCUT2D eigenvalue weighted by Gasteiger charge is -2.23. The molecule has 0 aliphatic heterocycles. The first-order valence-corrected chi connectivity index (χ1v) is 8.68. The molecule has 0 aliphatic carbocycles. The van der Waals surface area contributed by atoms with E-state index in [0.29, 0.717) is 25.1 Å². The summed E-state index contributed by atoms with van der Waals surface area (Å²) in [5, 5.41) is 4.38. The number of aromatic nitrogens is 2. The highest BCUT2D eigenvalue weighted by Gasteiger charge is 2.22. The van der Waals surface area contributed by atoms with E-state index in [0.717, 1.165) is 11.4 Å².